The van der Waals surface area contributed by atoms with Crippen LogP contribution in [0.1, 0.15) is 66.5 Å². The first-order valence-corrected chi connectivity index (χ1v) is 27.1. The van der Waals surface area contributed by atoms with Crippen LogP contribution < -0.4 is 14.4 Å². The number of hydrogen-bond donors (Lipinski definition) is 0. The Labute approximate surface area is 391 Å². The van der Waals surface area contributed by atoms with Crippen LogP contribution in [0.2, 0.25) is 25.7 Å². The molecule has 0 aliphatic rings. The predicted octanol–water partition coefficient (Wildman–Crippen LogP) is 9.44. The lowest BCUT2D eigenvalue weighted by Crippen LogP contribution is -2.34. The van der Waals surface area contributed by atoms with E-state index in [1.165, 1.54) is 35.5 Å². The Kier molecular flexibility index (Phi) is 18.2. The number of nitrogens with zero attached hydrogens (tertiary/aromatic N) is 8. The highest BCUT2D eigenvalue weighted by atomic mass is 32.1. The number of ether oxygens (including phenoxy) is 4. The Bertz CT molecular complexity index is 2540. The standard InChI is InChI=1S/C47H63FN8O6S2Si/c1-33-30-40(51-52-42(33)50-45-56(32-60-28-29-65(9,10)11)36-19-12-13-20-38(36)63-45)55(26-15-14-24-53(5)6)44-49-41(43(57)59-8)39(64-44)21-17-27-61-37-23-22-34(31-35(37)48)18-16-25-54(7)46(58)62-47(2,3)4/h12-13,19-20,22-23,30-31H,14-15,17,21,24-29,32H2,1-11H3/b50-45-. The van der Waals surface area contributed by atoms with Crippen LogP contribution in [0.25, 0.3) is 10.2 Å². The second kappa shape index (κ2) is 23.3. The van der Waals surface area contributed by atoms with Crippen molar-refractivity contribution in [3.63, 3.8) is 0 Å². The Hall–Kier alpha value is -5.19. The lowest BCUT2D eigenvalue weighted by molar-refractivity contribution is 0.0320. The highest BCUT2D eigenvalue weighted by molar-refractivity contribution is 7.16. The second-order valence-electron chi connectivity index (χ2n) is 18.1. The third kappa shape index (κ3) is 15.5. The highest BCUT2D eigenvalue weighted by Crippen LogP contribution is 2.34. The molecule has 0 aliphatic carbocycles. The van der Waals surface area contributed by atoms with Gasteiger partial charge >= 0.3 is 12.1 Å². The van der Waals surface area contributed by atoms with E-state index in [0.717, 1.165) is 46.0 Å². The maximum absolute atomic E-state index is 15.1. The molecular weight excluding hydrogens is 884 g/mol. The molecule has 0 spiro atoms. The summed E-state index contributed by atoms with van der Waals surface area (Å²) < 4.78 is 40.8. The number of benzene rings is 2. The van der Waals surface area contributed by atoms with E-state index < -0.39 is 31.6 Å². The first kappa shape index (κ1) is 50.8. The zero-order valence-electron chi connectivity index (χ0n) is 39.6. The highest BCUT2D eigenvalue weighted by Gasteiger charge is 2.25. The van der Waals surface area contributed by atoms with Crippen LogP contribution in [0, 0.1) is 24.6 Å². The number of aromatic nitrogens is 4. The summed E-state index contributed by atoms with van der Waals surface area (Å²) in [4.78, 5) is 42.1. The summed E-state index contributed by atoms with van der Waals surface area (Å²) in [6.45, 7) is 17.2. The smallest absolute Gasteiger partial charge is 0.410 e. The molecule has 0 bridgehead atoms. The number of hydrogen-bond acceptors (Lipinski definition) is 14. The van der Waals surface area contributed by atoms with Gasteiger partial charge < -0.3 is 33.6 Å². The molecule has 5 aromatic rings. The van der Waals surface area contributed by atoms with Crippen molar-refractivity contribution >= 4 is 69.8 Å². The van der Waals surface area contributed by atoms with Gasteiger partial charge in [0.05, 0.1) is 30.5 Å². The molecule has 3 aromatic heterocycles. The number of esters is 1. The van der Waals surface area contributed by atoms with Gasteiger partial charge in [-0.05, 0) is 122 Å². The number of rotatable bonds is 20. The summed E-state index contributed by atoms with van der Waals surface area (Å²) in [6, 6.07) is 15.7. The van der Waals surface area contributed by atoms with Crippen LogP contribution in [0.4, 0.5) is 26.0 Å². The molecule has 14 nitrogen and oxygen atoms in total. The van der Waals surface area contributed by atoms with Crippen LogP contribution in [-0.4, -0.2) is 116 Å². The van der Waals surface area contributed by atoms with Crippen molar-refractivity contribution in [2.24, 2.45) is 4.99 Å². The Morgan fingerprint density at radius 3 is 2.42 bits per heavy atom. The monoisotopic (exact) mass is 946 g/mol. The van der Waals surface area contributed by atoms with Crippen molar-refractivity contribution in [2.45, 2.75) is 91.4 Å². The van der Waals surface area contributed by atoms with Crippen LogP contribution in [0.3, 0.4) is 0 Å². The van der Waals surface area contributed by atoms with E-state index in [-0.39, 0.29) is 24.6 Å². The van der Waals surface area contributed by atoms with Crippen LogP contribution in [0.15, 0.2) is 53.5 Å². The van der Waals surface area contributed by atoms with Crippen molar-refractivity contribution in [3.05, 3.63) is 80.8 Å². The number of methoxy groups -OCH3 is 1. The van der Waals surface area contributed by atoms with E-state index in [1.807, 2.05) is 44.1 Å². The number of unbranched alkanes of at least 4 members (excludes halogenated alkanes) is 1. The zero-order valence-corrected chi connectivity index (χ0v) is 42.3. The number of thiazole rings is 2. The van der Waals surface area contributed by atoms with Gasteiger partial charge in [-0.1, -0.05) is 55.0 Å². The van der Waals surface area contributed by atoms with E-state index in [0.29, 0.717) is 59.9 Å². The lowest BCUT2D eigenvalue weighted by Gasteiger charge is -2.23. The average Bonchev–Trinajstić information content (AvgIpc) is 3.82. The van der Waals surface area contributed by atoms with E-state index in [9.17, 15) is 9.59 Å². The summed E-state index contributed by atoms with van der Waals surface area (Å²) in [6.07, 6.45) is 2.19. The Balaban J connectivity index is 1.32. The minimum Gasteiger partial charge on any atom is -0.491 e. The molecule has 3 heterocycles. The van der Waals surface area contributed by atoms with Crippen molar-refractivity contribution in [1.82, 2.24) is 29.5 Å². The molecular formula is C47H63FN8O6S2Si. The lowest BCUT2D eigenvalue weighted by atomic mass is 10.2. The number of carbonyl (C=O) groups excluding carboxylic acids is 2. The van der Waals surface area contributed by atoms with E-state index in [1.54, 1.807) is 45.2 Å². The molecule has 0 N–H and O–H groups in total. The van der Waals surface area contributed by atoms with Crippen molar-refractivity contribution < 1.29 is 32.9 Å². The van der Waals surface area contributed by atoms with Crippen molar-refractivity contribution in [2.75, 3.05) is 66.0 Å². The van der Waals surface area contributed by atoms with E-state index in [4.69, 9.17) is 28.9 Å². The molecule has 0 atom stereocenters. The molecule has 0 saturated carbocycles. The molecule has 0 radical (unpaired) electrons. The molecule has 0 aliphatic heterocycles. The third-order valence-electron chi connectivity index (χ3n) is 9.75. The number of amides is 1. The second-order valence-corrected chi connectivity index (χ2v) is 25.8. The van der Waals surface area contributed by atoms with Gasteiger partial charge in [-0.25, -0.2) is 19.0 Å². The van der Waals surface area contributed by atoms with Gasteiger partial charge in [0.15, 0.2) is 38.8 Å². The fraction of sp³-hybridized carbons (Fsp3) is 0.489. The zero-order chi connectivity index (χ0) is 47.3. The maximum atomic E-state index is 15.1. The van der Waals surface area contributed by atoms with Gasteiger partial charge in [0, 0.05) is 38.7 Å². The average molecular weight is 947 g/mol. The summed E-state index contributed by atoms with van der Waals surface area (Å²) in [5, 5.41) is 9.91. The minimum absolute atomic E-state index is 0.0839. The van der Waals surface area contributed by atoms with Crippen LogP contribution in [-0.2, 0) is 27.4 Å². The van der Waals surface area contributed by atoms with E-state index >= 15 is 4.39 Å². The molecule has 5 rings (SSSR count). The SMILES string of the molecule is COC(=O)c1nc(N(CCCCN(C)C)c2cc(C)c(/N=c3\sc4ccccc4n3COCC[Si](C)(C)C)nn2)sc1CCCOc1ccc(C#CCN(C)C(=O)OC(C)(C)C)cc1F. The Morgan fingerprint density at radius 2 is 1.72 bits per heavy atom. The first-order valence-electron chi connectivity index (χ1n) is 21.7. The van der Waals surface area contributed by atoms with Gasteiger partial charge in [0.1, 0.15) is 12.3 Å². The van der Waals surface area contributed by atoms with Gasteiger partial charge in [-0.15, -0.1) is 21.5 Å². The normalized spacial score (nSPS) is 12.0. The van der Waals surface area contributed by atoms with Crippen LogP contribution in [0.5, 0.6) is 5.75 Å². The fourth-order valence-corrected chi connectivity index (χ4v) is 9.12. The first-order chi connectivity index (χ1) is 30.8. The summed E-state index contributed by atoms with van der Waals surface area (Å²) in [5.41, 5.74) is 1.93. The molecule has 1 amide bonds. The summed E-state index contributed by atoms with van der Waals surface area (Å²) in [5.74, 6) is 5.83. The summed E-state index contributed by atoms with van der Waals surface area (Å²) >= 11 is 2.97. The van der Waals surface area contributed by atoms with Gasteiger partial charge in [-0.3, -0.25) is 4.57 Å². The fourth-order valence-electron chi connectivity index (χ4n) is 6.22. The number of aryl methyl sites for hydroxylation is 2. The minimum atomic E-state index is -1.25. The predicted molar refractivity (Wildman–Crippen MR) is 260 cm³/mol. The summed E-state index contributed by atoms with van der Waals surface area (Å²) in [7, 11) is 5.77. The maximum Gasteiger partial charge on any atom is 0.410 e. The molecule has 65 heavy (non-hydrogen) atoms. The molecule has 0 fully saturated rings. The van der Waals surface area contributed by atoms with E-state index in [2.05, 4.69) is 63.3 Å². The molecule has 350 valence electrons. The van der Waals surface area contributed by atoms with Gasteiger partial charge in [0.2, 0.25) is 0 Å². The topological polar surface area (TPSA) is 137 Å². The number of para-hydroxylation sites is 1. The number of fused-ring (bicyclic) bond motifs is 1. The van der Waals surface area contributed by atoms with Crippen LogP contribution >= 0.6 is 22.7 Å². The Morgan fingerprint density at radius 1 is 0.969 bits per heavy atom. The number of halogens is 1. The quantitative estimate of drug-likeness (QED) is 0.0320. The largest absolute Gasteiger partial charge is 0.491 e. The molecule has 0 unspecified atom stereocenters. The van der Waals surface area contributed by atoms with Gasteiger partial charge in [-0.2, -0.15) is 4.99 Å². The van der Waals surface area contributed by atoms with Crippen molar-refractivity contribution in [3.8, 4) is 17.6 Å². The third-order valence-corrected chi connectivity index (χ3v) is 13.7. The van der Waals surface area contributed by atoms with Gasteiger partial charge in [0.25, 0.3) is 0 Å². The van der Waals surface area contributed by atoms with Crippen molar-refractivity contribution in [1.29, 1.82) is 0 Å². The number of anilines is 2. The molecule has 0 saturated heterocycles. The number of carbonyl (C=O) groups is 2. The molecule has 18 heteroatoms. The molecule has 2 aromatic carbocycles.